The molecule has 2 saturated heterocycles. The smallest absolute Gasteiger partial charge is 0.0644 e. The summed E-state index contributed by atoms with van der Waals surface area (Å²) in [6.07, 6.45) is 9.20. The van der Waals surface area contributed by atoms with Crippen molar-refractivity contribution in [1.29, 1.82) is 0 Å². The Hall–Kier alpha value is -0.900. The maximum atomic E-state index is 5.91. The van der Waals surface area contributed by atoms with E-state index < -0.39 is 0 Å². The van der Waals surface area contributed by atoms with Crippen molar-refractivity contribution >= 4 is 0 Å². The quantitative estimate of drug-likeness (QED) is 0.695. The van der Waals surface area contributed by atoms with Gasteiger partial charge in [-0.2, -0.15) is 0 Å². The van der Waals surface area contributed by atoms with E-state index >= 15 is 0 Å². The van der Waals surface area contributed by atoms with Crippen molar-refractivity contribution in [3.63, 3.8) is 0 Å². The molecule has 3 heteroatoms. The lowest BCUT2D eigenvalue weighted by Gasteiger charge is -2.51. The van der Waals surface area contributed by atoms with Crippen LogP contribution in [0.5, 0.6) is 0 Å². The molecule has 0 N–H and O–H groups in total. The standard InChI is InChI=1S/C20H34N2O/c1-6-8-18(7-2)9-11-21-12-14-22(15-13-21)20(5)10-16-23-19(3,4)17-20/h6-8H,1-2,9-17H2,3-5H3/b18-8+. The normalized spacial score (nSPS) is 30.1. The molecule has 0 aromatic rings. The molecule has 1 unspecified atom stereocenters. The van der Waals surface area contributed by atoms with Crippen LogP contribution in [-0.2, 0) is 4.74 Å². The van der Waals surface area contributed by atoms with E-state index in [4.69, 9.17) is 4.74 Å². The minimum atomic E-state index is 0.0124. The van der Waals surface area contributed by atoms with Crippen molar-refractivity contribution in [3.8, 4) is 0 Å². The van der Waals surface area contributed by atoms with Crippen molar-refractivity contribution in [3.05, 3.63) is 37.0 Å². The summed E-state index contributed by atoms with van der Waals surface area (Å²) in [5, 5.41) is 0. The molecule has 0 amide bonds. The molecule has 2 aliphatic rings. The third kappa shape index (κ3) is 5.03. The van der Waals surface area contributed by atoms with E-state index in [1.165, 1.54) is 18.7 Å². The van der Waals surface area contributed by atoms with Crippen LogP contribution in [0.15, 0.2) is 37.0 Å². The Labute approximate surface area is 142 Å². The van der Waals surface area contributed by atoms with Gasteiger partial charge in [-0.1, -0.05) is 31.4 Å². The van der Waals surface area contributed by atoms with E-state index in [2.05, 4.69) is 49.8 Å². The van der Waals surface area contributed by atoms with Gasteiger partial charge < -0.3 is 9.64 Å². The highest BCUT2D eigenvalue weighted by molar-refractivity contribution is 5.21. The molecular formula is C20H34N2O. The molecule has 2 aliphatic heterocycles. The molecule has 23 heavy (non-hydrogen) atoms. The van der Waals surface area contributed by atoms with Gasteiger partial charge in [0.1, 0.15) is 0 Å². The van der Waals surface area contributed by atoms with E-state index in [1.54, 1.807) is 0 Å². The molecule has 0 aromatic carbocycles. The maximum absolute atomic E-state index is 5.91. The molecule has 0 spiro atoms. The van der Waals surface area contributed by atoms with Crippen LogP contribution < -0.4 is 0 Å². The van der Waals surface area contributed by atoms with Gasteiger partial charge in [-0.25, -0.2) is 0 Å². The topological polar surface area (TPSA) is 15.7 Å². The fourth-order valence-electron chi connectivity index (χ4n) is 4.08. The Morgan fingerprint density at radius 2 is 1.83 bits per heavy atom. The second-order valence-electron chi connectivity index (χ2n) is 7.79. The van der Waals surface area contributed by atoms with Crippen LogP contribution in [-0.4, -0.2) is 60.3 Å². The monoisotopic (exact) mass is 318 g/mol. The van der Waals surface area contributed by atoms with E-state index in [9.17, 15) is 0 Å². The summed E-state index contributed by atoms with van der Waals surface area (Å²) in [4.78, 5) is 5.27. The summed E-state index contributed by atoms with van der Waals surface area (Å²) < 4.78 is 5.91. The van der Waals surface area contributed by atoms with Gasteiger partial charge in [-0.15, -0.1) is 0 Å². The molecule has 130 valence electrons. The zero-order valence-corrected chi connectivity index (χ0v) is 15.3. The molecule has 0 aromatic heterocycles. The highest BCUT2D eigenvalue weighted by Crippen LogP contribution is 2.36. The van der Waals surface area contributed by atoms with Crippen LogP contribution in [0.2, 0.25) is 0 Å². The molecular weight excluding hydrogens is 284 g/mol. The number of allylic oxidation sites excluding steroid dienone is 3. The van der Waals surface area contributed by atoms with Crippen molar-refractivity contribution < 1.29 is 4.74 Å². The van der Waals surface area contributed by atoms with Crippen molar-refractivity contribution in [2.75, 3.05) is 39.3 Å². The molecule has 3 nitrogen and oxygen atoms in total. The summed E-state index contributed by atoms with van der Waals surface area (Å²) in [5.74, 6) is 0. The highest BCUT2D eigenvalue weighted by atomic mass is 16.5. The van der Waals surface area contributed by atoms with Crippen LogP contribution in [0.4, 0.5) is 0 Å². The van der Waals surface area contributed by atoms with Gasteiger partial charge in [0.25, 0.3) is 0 Å². The van der Waals surface area contributed by atoms with Gasteiger partial charge in [0.2, 0.25) is 0 Å². The Morgan fingerprint density at radius 3 is 2.39 bits per heavy atom. The molecule has 1 atom stereocenters. The van der Waals surface area contributed by atoms with Crippen LogP contribution in [0.25, 0.3) is 0 Å². The van der Waals surface area contributed by atoms with Gasteiger partial charge in [-0.3, -0.25) is 4.90 Å². The largest absolute Gasteiger partial charge is 0.375 e. The van der Waals surface area contributed by atoms with Crippen molar-refractivity contribution in [2.24, 2.45) is 0 Å². The third-order valence-electron chi connectivity index (χ3n) is 5.39. The minimum Gasteiger partial charge on any atom is -0.375 e. The number of rotatable bonds is 6. The lowest BCUT2D eigenvalue weighted by molar-refractivity contribution is -0.121. The molecule has 0 saturated carbocycles. The first-order valence-corrected chi connectivity index (χ1v) is 8.94. The fourth-order valence-corrected chi connectivity index (χ4v) is 4.08. The van der Waals surface area contributed by atoms with E-state index in [0.29, 0.717) is 5.54 Å². The third-order valence-corrected chi connectivity index (χ3v) is 5.39. The average Bonchev–Trinajstić information content (AvgIpc) is 2.50. The van der Waals surface area contributed by atoms with Crippen LogP contribution in [0.1, 0.15) is 40.0 Å². The second-order valence-corrected chi connectivity index (χ2v) is 7.79. The van der Waals surface area contributed by atoms with Gasteiger partial charge in [-0.05, 0) is 45.6 Å². The predicted molar refractivity (Wildman–Crippen MR) is 98.8 cm³/mol. The zero-order valence-electron chi connectivity index (χ0n) is 15.3. The van der Waals surface area contributed by atoms with Gasteiger partial charge >= 0.3 is 0 Å². The Balaban J connectivity index is 1.83. The summed E-state index contributed by atoms with van der Waals surface area (Å²) >= 11 is 0. The second kappa shape index (κ2) is 7.78. The molecule has 2 rings (SSSR count). The first-order valence-electron chi connectivity index (χ1n) is 8.94. The van der Waals surface area contributed by atoms with Crippen LogP contribution in [0.3, 0.4) is 0 Å². The highest BCUT2D eigenvalue weighted by Gasteiger charge is 2.42. The summed E-state index contributed by atoms with van der Waals surface area (Å²) in [7, 11) is 0. The Morgan fingerprint density at radius 1 is 1.13 bits per heavy atom. The predicted octanol–water partition coefficient (Wildman–Crippen LogP) is 3.64. The molecule has 2 fully saturated rings. The Kier molecular flexibility index (Phi) is 6.24. The average molecular weight is 319 g/mol. The molecule has 2 heterocycles. The molecule has 0 aliphatic carbocycles. The number of ether oxygens (including phenoxy) is 1. The molecule has 0 radical (unpaired) electrons. The van der Waals surface area contributed by atoms with Gasteiger partial charge in [0.05, 0.1) is 5.60 Å². The SMILES string of the molecule is C=C/C=C(\C=C)CCN1CCN(C2(C)CCOC(C)(C)C2)CC1. The number of piperazine rings is 1. The van der Waals surface area contributed by atoms with Gasteiger partial charge in [0.15, 0.2) is 0 Å². The van der Waals surface area contributed by atoms with Crippen molar-refractivity contribution in [2.45, 2.75) is 51.2 Å². The van der Waals surface area contributed by atoms with Crippen LogP contribution >= 0.6 is 0 Å². The Bertz CT molecular complexity index is 447. The molecule has 0 bridgehead atoms. The lowest BCUT2D eigenvalue weighted by atomic mass is 9.81. The number of nitrogens with zero attached hydrogens (tertiary/aromatic N) is 2. The number of hydrogen-bond acceptors (Lipinski definition) is 3. The van der Waals surface area contributed by atoms with Crippen LogP contribution in [0, 0.1) is 0 Å². The number of hydrogen-bond donors (Lipinski definition) is 0. The van der Waals surface area contributed by atoms with Gasteiger partial charge in [0, 0.05) is 44.9 Å². The lowest BCUT2D eigenvalue weighted by Crippen LogP contribution is -2.60. The minimum absolute atomic E-state index is 0.0124. The van der Waals surface area contributed by atoms with E-state index in [1.807, 2.05) is 12.2 Å². The first-order chi connectivity index (χ1) is 10.9. The zero-order chi connectivity index (χ0) is 16.9. The first kappa shape index (κ1) is 18.4. The maximum Gasteiger partial charge on any atom is 0.0644 e. The van der Waals surface area contributed by atoms with E-state index in [0.717, 1.165) is 45.5 Å². The summed E-state index contributed by atoms with van der Waals surface area (Å²) in [5.41, 5.74) is 1.59. The summed E-state index contributed by atoms with van der Waals surface area (Å²) in [6.45, 7) is 21.2. The summed E-state index contributed by atoms with van der Waals surface area (Å²) in [6, 6.07) is 0. The fraction of sp³-hybridized carbons (Fsp3) is 0.700. The van der Waals surface area contributed by atoms with E-state index in [-0.39, 0.29) is 5.60 Å². The van der Waals surface area contributed by atoms with Crippen molar-refractivity contribution in [1.82, 2.24) is 9.80 Å².